The van der Waals surface area contributed by atoms with Gasteiger partial charge in [-0.2, -0.15) is 0 Å². The molecule has 0 saturated carbocycles. The number of nitrogens with zero attached hydrogens (tertiary/aromatic N) is 3. The van der Waals surface area contributed by atoms with Crippen LogP contribution in [0.25, 0.3) is 0 Å². The van der Waals surface area contributed by atoms with E-state index in [-0.39, 0.29) is 23.2 Å². The van der Waals surface area contributed by atoms with Crippen molar-refractivity contribution >= 4 is 40.9 Å². The molecule has 0 bridgehead atoms. The number of pyridine rings is 1. The Balaban J connectivity index is 1.72. The highest BCUT2D eigenvalue weighted by molar-refractivity contribution is 6.31. The van der Waals surface area contributed by atoms with E-state index in [4.69, 9.17) is 16.3 Å². The molecule has 1 N–H and O–H groups in total. The second kappa shape index (κ2) is 9.94. The third-order valence-corrected chi connectivity index (χ3v) is 5.68. The molecule has 10 heteroatoms. The lowest BCUT2D eigenvalue weighted by Gasteiger charge is -2.28. The van der Waals surface area contributed by atoms with Crippen LogP contribution in [0.1, 0.15) is 32.7 Å². The van der Waals surface area contributed by atoms with Crippen molar-refractivity contribution in [2.75, 3.05) is 12.0 Å². The van der Waals surface area contributed by atoms with Gasteiger partial charge in [-0.15, -0.1) is 0 Å². The maximum Gasteiger partial charge on any atom is 0.273 e. The number of hydrogen-bond donors (Lipinski definition) is 1. The number of imide groups is 1. The maximum absolute atomic E-state index is 13.5. The van der Waals surface area contributed by atoms with Gasteiger partial charge < -0.3 is 4.74 Å². The van der Waals surface area contributed by atoms with E-state index in [1.54, 1.807) is 36.4 Å². The summed E-state index contributed by atoms with van der Waals surface area (Å²) in [5.74, 6) is -2.26. The smallest absolute Gasteiger partial charge is 0.273 e. The van der Waals surface area contributed by atoms with Crippen LogP contribution < -0.4 is 15.1 Å². The molecule has 1 atom stereocenters. The normalized spacial score (nSPS) is 15.2. The van der Waals surface area contributed by atoms with Crippen molar-refractivity contribution in [3.8, 4) is 5.75 Å². The number of aryl methyl sites for hydroxylation is 1. The molecule has 0 spiro atoms. The zero-order chi connectivity index (χ0) is 25.1. The van der Waals surface area contributed by atoms with Gasteiger partial charge in [0.25, 0.3) is 17.7 Å². The zero-order valence-corrected chi connectivity index (χ0v) is 19.7. The minimum atomic E-state index is -1.29. The molecule has 4 amide bonds. The molecule has 9 nitrogen and oxygen atoms in total. The number of anilines is 1. The summed E-state index contributed by atoms with van der Waals surface area (Å²) in [6.07, 6.45) is 2.48. The molecule has 1 saturated heterocycles. The number of benzene rings is 2. The highest BCUT2D eigenvalue weighted by Crippen LogP contribution is 2.34. The number of hydrazine groups is 1. The lowest BCUT2D eigenvalue weighted by Crippen LogP contribution is -2.54. The largest absolute Gasteiger partial charge is 0.495 e. The number of nitrogens with one attached hydrogen (secondary N) is 1. The van der Waals surface area contributed by atoms with Crippen LogP contribution in [0.4, 0.5) is 5.69 Å². The van der Waals surface area contributed by atoms with Gasteiger partial charge in [-0.1, -0.05) is 23.7 Å². The number of amides is 4. The van der Waals surface area contributed by atoms with Crippen LogP contribution in [0.15, 0.2) is 67.0 Å². The van der Waals surface area contributed by atoms with Gasteiger partial charge in [0.1, 0.15) is 11.8 Å². The Labute approximate surface area is 206 Å². The van der Waals surface area contributed by atoms with E-state index in [1.165, 1.54) is 37.7 Å². The predicted octanol–water partition coefficient (Wildman–Crippen LogP) is 3.17. The third kappa shape index (κ3) is 4.85. The van der Waals surface area contributed by atoms with Crippen molar-refractivity contribution in [1.29, 1.82) is 0 Å². The van der Waals surface area contributed by atoms with Crippen LogP contribution >= 0.6 is 11.6 Å². The summed E-state index contributed by atoms with van der Waals surface area (Å²) in [6, 6.07) is 12.9. The number of carbonyl (C=O) groups is 4. The quantitative estimate of drug-likeness (QED) is 0.433. The molecular formula is C25H21ClN4O5. The molecule has 3 aromatic rings. The molecule has 1 aromatic heterocycles. The van der Waals surface area contributed by atoms with Crippen LogP contribution in [0.2, 0.25) is 5.02 Å². The summed E-state index contributed by atoms with van der Waals surface area (Å²) < 4.78 is 5.34. The van der Waals surface area contributed by atoms with Crippen molar-refractivity contribution in [3.63, 3.8) is 0 Å². The SMILES string of the molecule is COc1ccc(C)cc1N1C(=O)CC(N(NC(=O)c2cccnc2)C(=O)c2cccc(Cl)c2)C1=O. The Morgan fingerprint density at radius 1 is 1.11 bits per heavy atom. The van der Waals surface area contributed by atoms with Crippen LogP contribution in [0.3, 0.4) is 0 Å². The van der Waals surface area contributed by atoms with E-state index >= 15 is 0 Å². The highest BCUT2D eigenvalue weighted by Gasteiger charge is 2.46. The van der Waals surface area contributed by atoms with Crippen molar-refractivity contribution in [3.05, 3.63) is 88.7 Å². The minimum Gasteiger partial charge on any atom is -0.495 e. The molecule has 1 fully saturated rings. The molecular weight excluding hydrogens is 472 g/mol. The second-order valence-corrected chi connectivity index (χ2v) is 8.27. The first kappa shape index (κ1) is 23.9. The van der Waals surface area contributed by atoms with Gasteiger partial charge >= 0.3 is 0 Å². The molecule has 0 radical (unpaired) electrons. The molecule has 1 aliphatic heterocycles. The lowest BCUT2D eigenvalue weighted by atomic mass is 10.1. The first-order valence-corrected chi connectivity index (χ1v) is 11.0. The number of ether oxygens (including phenoxy) is 1. The molecule has 2 aromatic carbocycles. The lowest BCUT2D eigenvalue weighted by molar-refractivity contribution is -0.122. The van der Waals surface area contributed by atoms with Crippen LogP contribution in [0, 0.1) is 6.92 Å². The summed E-state index contributed by atoms with van der Waals surface area (Å²) in [6.45, 7) is 1.81. The van der Waals surface area contributed by atoms with E-state index in [9.17, 15) is 19.2 Å². The number of rotatable bonds is 5. The predicted molar refractivity (Wildman–Crippen MR) is 128 cm³/mol. The van der Waals surface area contributed by atoms with Crippen LogP contribution in [-0.4, -0.2) is 46.8 Å². The summed E-state index contributed by atoms with van der Waals surface area (Å²) in [4.78, 5) is 57.8. The Morgan fingerprint density at radius 3 is 2.57 bits per heavy atom. The van der Waals surface area contributed by atoms with Crippen LogP contribution in [0.5, 0.6) is 5.75 Å². The highest BCUT2D eigenvalue weighted by atomic mass is 35.5. The zero-order valence-electron chi connectivity index (χ0n) is 18.9. The molecule has 35 heavy (non-hydrogen) atoms. The maximum atomic E-state index is 13.5. The Hall–Kier alpha value is -4.24. The van der Waals surface area contributed by atoms with Gasteiger partial charge in [-0.3, -0.25) is 29.6 Å². The fraction of sp³-hybridized carbons (Fsp3) is 0.160. The average Bonchev–Trinajstić information content (AvgIpc) is 3.15. The van der Waals surface area contributed by atoms with Gasteiger partial charge in [0.15, 0.2) is 0 Å². The number of halogens is 1. The van der Waals surface area contributed by atoms with Crippen LogP contribution in [-0.2, 0) is 9.59 Å². The topological polar surface area (TPSA) is 109 Å². The van der Waals surface area contributed by atoms with Crippen molar-refractivity contribution in [2.24, 2.45) is 0 Å². The molecule has 2 heterocycles. The van der Waals surface area contributed by atoms with Gasteiger partial charge in [-0.05, 0) is 55.0 Å². The number of aromatic nitrogens is 1. The summed E-state index contributed by atoms with van der Waals surface area (Å²) in [7, 11) is 1.43. The fourth-order valence-corrected chi connectivity index (χ4v) is 3.94. The number of hydrogen-bond acceptors (Lipinski definition) is 6. The monoisotopic (exact) mass is 492 g/mol. The fourth-order valence-electron chi connectivity index (χ4n) is 3.75. The second-order valence-electron chi connectivity index (χ2n) is 7.83. The van der Waals surface area contributed by atoms with Crippen molar-refractivity contribution in [1.82, 2.24) is 15.4 Å². The van der Waals surface area contributed by atoms with E-state index in [1.807, 2.05) is 6.92 Å². The van der Waals surface area contributed by atoms with Gasteiger partial charge in [0, 0.05) is 23.0 Å². The number of carbonyl (C=O) groups excluding carboxylic acids is 4. The minimum absolute atomic E-state index is 0.135. The van der Waals surface area contributed by atoms with E-state index in [2.05, 4.69) is 10.4 Å². The van der Waals surface area contributed by atoms with Gasteiger partial charge in [-0.25, -0.2) is 9.91 Å². The van der Waals surface area contributed by atoms with E-state index < -0.39 is 29.7 Å². The molecule has 178 valence electrons. The molecule has 4 rings (SSSR count). The van der Waals surface area contributed by atoms with E-state index in [0.29, 0.717) is 10.8 Å². The first-order valence-electron chi connectivity index (χ1n) is 10.6. The van der Waals surface area contributed by atoms with Crippen molar-refractivity contribution < 1.29 is 23.9 Å². The Kier molecular flexibility index (Phi) is 6.79. The summed E-state index contributed by atoms with van der Waals surface area (Å²) in [5, 5.41) is 1.18. The van der Waals surface area contributed by atoms with Crippen molar-refractivity contribution in [2.45, 2.75) is 19.4 Å². The average molecular weight is 493 g/mol. The molecule has 1 aliphatic rings. The summed E-state index contributed by atoms with van der Waals surface area (Å²) >= 11 is 6.05. The Morgan fingerprint density at radius 2 is 1.89 bits per heavy atom. The molecule has 1 unspecified atom stereocenters. The standard InChI is InChI=1S/C25H21ClN4O5/c1-15-8-9-21(35-2)19(11-15)29-22(31)13-20(25(29)34)30(24(33)16-5-3-7-18(26)12-16)28-23(32)17-6-4-10-27-14-17/h3-12,14,20H,13H2,1-2H3,(H,28,32). The summed E-state index contributed by atoms with van der Waals surface area (Å²) in [5.41, 5.74) is 3.86. The Bertz CT molecular complexity index is 1310. The third-order valence-electron chi connectivity index (χ3n) is 5.45. The first-order chi connectivity index (χ1) is 16.8. The van der Waals surface area contributed by atoms with Gasteiger partial charge in [0.2, 0.25) is 5.91 Å². The number of methoxy groups -OCH3 is 1. The van der Waals surface area contributed by atoms with Gasteiger partial charge in [0.05, 0.1) is 24.8 Å². The molecule has 0 aliphatic carbocycles. The van der Waals surface area contributed by atoms with E-state index in [0.717, 1.165) is 15.5 Å².